The van der Waals surface area contributed by atoms with E-state index < -0.39 is 0 Å². The smallest absolute Gasteiger partial charge is 0.191 e. The zero-order valence-electron chi connectivity index (χ0n) is 14.8. The Morgan fingerprint density at radius 3 is 2.46 bits per heavy atom. The summed E-state index contributed by atoms with van der Waals surface area (Å²) in [7, 11) is 1.76. The minimum absolute atomic E-state index is 0.577. The van der Waals surface area contributed by atoms with Crippen molar-refractivity contribution in [2.75, 3.05) is 26.7 Å². The van der Waals surface area contributed by atoms with Crippen molar-refractivity contribution in [3.05, 3.63) is 46.8 Å². The normalized spacial score (nSPS) is 11.4. The van der Waals surface area contributed by atoms with Crippen molar-refractivity contribution in [3.8, 4) is 5.75 Å². The maximum Gasteiger partial charge on any atom is 0.191 e. The maximum atomic E-state index is 5.68. The largest absolute Gasteiger partial charge is 0.492 e. The Labute approximate surface area is 143 Å². The van der Waals surface area contributed by atoms with Gasteiger partial charge in [0.25, 0.3) is 0 Å². The molecule has 0 amide bonds. The quantitative estimate of drug-likeness (QED) is 0.463. The van der Waals surface area contributed by atoms with E-state index in [9.17, 15) is 0 Å². The molecule has 2 N–H and O–H groups in total. The average Bonchev–Trinajstić information content (AvgIpc) is 2.90. The monoisotopic (exact) mass is 330 g/mol. The van der Waals surface area contributed by atoms with Crippen molar-refractivity contribution in [2.24, 2.45) is 4.99 Å². The van der Waals surface area contributed by atoms with Crippen molar-refractivity contribution in [1.82, 2.24) is 15.8 Å². The topological polar surface area (TPSA) is 71.7 Å². The van der Waals surface area contributed by atoms with Crippen LogP contribution in [0.2, 0.25) is 0 Å². The SMILES string of the molecule is CN=C(NCCOc1ccc(C)cc1)NCCc1c(C)noc1C. The number of aryl methyl sites for hydroxylation is 3. The second-order valence-corrected chi connectivity index (χ2v) is 5.64. The molecular weight excluding hydrogens is 304 g/mol. The third-order valence-corrected chi connectivity index (χ3v) is 3.76. The zero-order chi connectivity index (χ0) is 17.4. The number of hydrogen-bond donors (Lipinski definition) is 2. The fourth-order valence-electron chi connectivity index (χ4n) is 2.36. The molecule has 130 valence electrons. The third-order valence-electron chi connectivity index (χ3n) is 3.76. The molecule has 0 fully saturated rings. The first kappa shape index (κ1) is 17.8. The van der Waals surface area contributed by atoms with Crippen LogP contribution in [-0.2, 0) is 6.42 Å². The second-order valence-electron chi connectivity index (χ2n) is 5.64. The van der Waals surface area contributed by atoms with E-state index in [-0.39, 0.29) is 0 Å². The van der Waals surface area contributed by atoms with Crippen molar-refractivity contribution >= 4 is 5.96 Å². The minimum Gasteiger partial charge on any atom is -0.492 e. The van der Waals surface area contributed by atoms with Crippen LogP contribution in [0.4, 0.5) is 0 Å². The summed E-state index contributed by atoms with van der Waals surface area (Å²) in [5.41, 5.74) is 3.33. The third kappa shape index (κ3) is 5.30. The molecular formula is C18H26N4O2. The molecule has 1 aromatic heterocycles. The molecule has 2 aromatic rings. The molecule has 0 bridgehead atoms. The Bertz CT molecular complexity index is 643. The highest BCUT2D eigenvalue weighted by Gasteiger charge is 2.08. The van der Waals surface area contributed by atoms with Gasteiger partial charge in [-0.15, -0.1) is 0 Å². The van der Waals surface area contributed by atoms with Gasteiger partial charge < -0.3 is 19.9 Å². The average molecular weight is 330 g/mol. The van der Waals surface area contributed by atoms with Gasteiger partial charge in [-0.2, -0.15) is 0 Å². The number of aromatic nitrogens is 1. The number of benzene rings is 1. The molecule has 0 spiro atoms. The van der Waals surface area contributed by atoms with Gasteiger partial charge >= 0.3 is 0 Å². The van der Waals surface area contributed by atoms with E-state index in [1.54, 1.807) is 7.05 Å². The molecule has 1 heterocycles. The van der Waals surface area contributed by atoms with Crippen LogP contribution in [0.1, 0.15) is 22.6 Å². The lowest BCUT2D eigenvalue weighted by Gasteiger charge is -2.12. The van der Waals surface area contributed by atoms with Gasteiger partial charge in [0.15, 0.2) is 5.96 Å². The van der Waals surface area contributed by atoms with Gasteiger partial charge in [-0.05, 0) is 39.3 Å². The van der Waals surface area contributed by atoms with Gasteiger partial charge in [0.1, 0.15) is 18.1 Å². The summed E-state index contributed by atoms with van der Waals surface area (Å²) in [6.45, 7) is 7.98. The van der Waals surface area contributed by atoms with Crippen LogP contribution in [0.3, 0.4) is 0 Å². The predicted octanol–water partition coefficient (Wildman–Crippen LogP) is 2.39. The second kappa shape index (κ2) is 8.96. The molecule has 0 radical (unpaired) electrons. The standard InChI is InChI=1S/C18H26N4O2/c1-13-5-7-16(8-6-13)23-12-11-21-18(19-4)20-10-9-17-14(2)22-24-15(17)3/h5-8H,9-12H2,1-4H3,(H2,19,20,21). The summed E-state index contributed by atoms with van der Waals surface area (Å²) in [4.78, 5) is 4.21. The number of hydrogen-bond acceptors (Lipinski definition) is 4. The molecule has 0 saturated heterocycles. The van der Waals surface area contributed by atoms with Crippen molar-refractivity contribution in [2.45, 2.75) is 27.2 Å². The Morgan fingerprint density at radius 1 is 1.12 bits per heavy atom. The summed E-state index contributed by atoms with van der Waals surface area (Å²) >= 11 is 0. The Morgan fingerprint density at radius 2 is 1.83 bits per heavy atom. The van der Waals surface area contributed by atoms with Gasteiger partial charge in [0, 0.05) is 19.2 Å². The molecule has 0 aliphatic rings. The Balaban J connectivity index is 1.66. The first-order valence-electron chi connectivity index (χ1n) is 8.16. The maximum absolute atomic E-state index is 5.68. The van der Waals surface area contributed by atoms with Gasteiger partial charge in [0.2, 0.25) is 0 Å². The number of aliphatic imine (C=N–C) groups is 1. The molecule has 0 unspecified atom stereocenters. The lowest BCUT2D eigenvalue weighted by atomic mass is 10.1. The minimum atomic E-state index is 0.577. The molecule has 1 aromatic carbocycles. The number of rotatable bonds is 7. The van der Waals surface area contributed by atoms with Crippen molar-refractivity contribution in [1.29, 1.82) is 0 Å². The molecule has 0 aliphatic carbocycles. The van der Waals surface area contributed by atoms with Crippen LogP contribution >= 0.6 is 0 Å². The first-order valence-corrected chi connectivity index (χ1v) is 8.16. The summed E-state index contributed by atoms with van der Waals surface area (Å²) in [5, 5.41) is 10.5. The number of guanidine groups is 1. The van der Waals surface area contributed by atoms with Gasteiger partial charge in [-0.1, -0.05) is 22.9 Å². The summed E-state index contributed by atoms with van der Waals surface area (Å²) in [5.74, 6) is 2.52. The fraction of sp³-hybridized carbons (Fsp3) is 0.444. The lowest BCUT2D eigenvalue weighted by molar-refractivity contribution is 0.322. The Kier molecular flexibility index (Phi) is 6.66. The molecule has 6 heteroatoms. The first-order chi connectivity index (χ1) is 11.6. The molecule has 0 saturated carbocycles. The zero-order valence-corrected chi connectivity index (χ0v) is 14.8. The lowest BCUT2D eigenvalue weighted by Crippen LogP contribution is -2.40. The van der Waals surface area contributed by atoms with E-state index in [0.717, 1.165) is 41.7 Å². The van der Waals surface area contributed by atoms with Crippen LogP contribution in [0.25, 0.3) is 0 Å². The van der Waals surface area contributed by atoms with Crippen molar-refractivity contribution in [3.63, 3.8) is 0 Å². The van der Waals surface area contributed by atoms with Crippen LogP contribution in [0, 0.1) is 20.8 Å². The summed E-state index contributed by atoms with van der Waals surface area (Å²) < 4.78 is 10.9. The van der Waals surface area contributed by atoms with Crippen LogP contribution in [-0.4, -0.2) is 37.9 Å². The van der Waals surface area contributed by atoms with E-state index >= 15 is 0 Å². The van der Waals surface area contributed by atoms with Crippen molar-refractivity contribution < 1.29 is 9.26 Å². The highest BCUT2D eigenvalue weighted by Crippen LogP contribution is 2.12. The predicted molar refractivity (Wildman–Crippen MR) is 95.7 cm³/mol. The summed E-state index contributed by atoms with van der Waals surface area (Å²) in [6.07, 6.45) is 0.849. The van der Waals surface area contributed by atoms with Crippen LogP contribution in [0.15, 0.2) is 33.8 Å². The highest BCUT2D eigenvalue weighted by molar-refractivity contribution is 5.79. The fourth-order valence-corrected chi connectivity index (χ4v) is 2.36. The summed E-state index contributed by atoms with van der Waals surface area (Å²) in [6, 6.07) is 8.04. The van der Waals surface area contributed by atoms with Crippen LogP contribution in [0.5, 0.6) is 5.75 Å². The highest BCUT2D eigenvalue weighted by atomic mass is 16.5. The van der Waals surface area contributed by atoms with E-state index in [4.69, 9.17) is 9.26 Å². The number of nitrogens with zero attached hydrogens (tertiary/aromatic N) is 2. The van der Waals surface area contributed by atoms with Crippen LogP contribution < -0.4 is 15.4 Å². The van der Waals surface area contributed by atoms with Gasteiger partial charge in [-0.25, -0.2) is 0 Å². The van der Waals surface area contributed by atoms with E-state index in [2.05, 4.69) is 27.7 Å². The molecule has 24 heavy (non-hydrogen) atoms. The molecule has 0 aliphatic heterocycles. The van der Waals surface area contributed by atoms with Gasteiger partial charge in [-0.3, -0.25) is 4.99 Å². The Hall–Kier alpha value is -2.50. The molecule has 0 atom stereocenters. The molecule has 6 nitrogen and oxygen atoms in total. The molecule has 2 rings (SSSR count). The van der Waals surface area contributed by atoms with Gasteiger partial charge in [0.05, 0.1) is 12.2 Å². The van der Waals surface area contributed by atoms with E-state index in [1.165, 1.54) is 5.56 Å². The van der Waals surface area contributed by atoms with E-state index in [0.29, 0.717) is 13.2 Å². The van der Waals surface area contributed by atoms with E-state index in [1.807, 2.05) is 38.1 Å². The number of ether oxygens (including phenoxy) is 1. The number of nitrogens with one attached hydrogen (secondary N) is 2.